The summed E-state index contributed by atoms with van der Waals surface area (Å²) in [6, 6.07) is 15.4. The van der Waals surface area contributed by atoms with Gasteiger partial charge < -0.3 is 14.8 Å². The zero-order valence-corrected chi connectivity index (χ0v) is 19.3. The minimum absolute atomic E-state index is 0.0259. The Morgan fingerprint density at radius 2 is 1.78 bits per heavy atom. The Morgan fingerprint density at radius 1 is 1.06 bits per heavy atom. The minimum atomic E-state index is -0.546. The summed E-state index contributed by atoms with van der Waals surface area (Å²) >= 11 is 0. The van der Waals surface area contributed by atoms with Crippen LogP contribution < -0.4 is 14.8 Å². The molecule has 2 aromatic carbocycles. The van der Waals surface area contributed by atoms with Gasteiger partial charge in [-0.2, -0.15) is 10.5 Å². The monoisotopic (exact) mass is 479 g/mol. The van der Waals surface area contributed by atoms with Crippen molar-refractivity contribution in [3.8, 4) is 40.8 Å². The number of carbonyl (C=O) groups excluding carboxylic acids is 1. The molecule has 4 rings (SSSR count). The van der Waals surface area contributed by atoms with Crippen LogP contribution in [-0.4, -0.2) is 34.5 Å². The number of ether oxygens (including phenoxy) is 2. The van der Waals surface area contributed by atoms with Crippen LogP contribution >= 0.6 is 0 Å². The number of allylic oxidation sites excluding steroid dienone is 2. The van der Waals surface area contributed by atoms with Gasteiger partial charge in [-0.1, -0.05) is 12.1 Å². The highest BCUT2D eigenvalue weighted by molar-refractivity contribution is 6.00. The number of benzene rings is 2. The van der Waals surface area contributed by atoms with E-state index in [1.807, 2.05) is 6.07 Å². The Hall–Kier alpha value is -5.35. The second-order valence-corrected chi connectivity index (χ2v) is 7.69. The molecule has 0 fully saturated rings. The lowest BCUT2D eigenvalue weighted by Gasteiger charge is -2.16. The first kappa shape index (κ1) is 23.8. The number of nitriles is 2. The lowest BCUT2D eigenvalue weighted by molar-refractivity contribution is -0.472. The van der Waals surface area contributed by atoms with Gasteiger partial charge in [-0.3, -0.25) is 4.79 Å². The van der Waals surface area contributed by atoms with Crippen molar-refractivity contribution < 1.29 is 19.0 Å². The van der Waals surface area contributed by atoms with Gasteiger partial charge in [0.05, 0.1) is 41.8 Å². The van der Waals surface area contributed by atoms with Crippen molar-refractivity contribution in [2.75, 3.05) is 13.7 Å². The molecule has 36 heavy (non-hydrogen) atoms. The lowest BCUT2D eigenvalue weighted by atomic mass is 10.0. The predicted octanol–water partition coefficient (Wildman–Crippen LogP) is 3.92. The van der Waals surface area contributed by atoms with Crippen LogP contribution in [0.15, 0.2) is 66.5 Å². The van der Waals surface area contributed by atoms with Crippen molar-refractivity contribution >= 4 is 5.91 Å². The highest BCUT2D eigenvalue weighted by Crippen LogP contribution is 2.35. The van der Waals surface area contributed by atoms with Gasteiger partial charge in [0, 0.05) is 27.4 Å². The van der Waals surface area contributed by atoms with Crippen molar-refractivity contribution in [1.29, 1.82) is 10.5 Å². The van der Waals surface area contributed by atoms with E-state index in [0.717, 1.165) is 0 Å². The molecule has 1 aliphatic heterocycles. The number of methoxy groups -OCH3 is 1. The van der Waals surface area contributed by atoms with Crippen molar-refractivity contribution in [1.82, 2.24) is 15.5 Å². The fraction of sp³-hybridized carbons (Fsp3) is 0.115. The molecule has 10 nitrogen and oxygen atoms in total. The number of hydrogen-bond donors (Lipinski definition) is 1. The van der Waals surface area contributed by atoms with Crippen LogP contribution in [-0.2, 0) is 0 Å². The van der Waals surface area contributed by atoms with Gasteiger partial charge in [0.1, 0.15) is 5.56 Å². The maximum absolute atomic E-state index is 13.4. The van der Waals surface area contributed by atoms with E-state index in [0.29, 0.717) is 38.4 Å². The summed E-state index contributed by atoms with van der Waals surface area (Å²) in [5, 5.41) is 29.4. The number of amides is 1. The Bertz CT molecular complexity index is 1510. The third-order valence-corrected chi connectivity index (χ3v) is 5.35. The summed E-state index contributed by atoms with van der Waals surface area (Å²) < 4.78 is 12.0. The smallest absolute Gasteiger partial charge is 0.261 e. The highest BCUT2D eigenvalue weighted by atomic mass is 16.5. The molecule has 1 N–H and O–H groups in total. The first-order valence-corrected chi connectivity index (χ1v) is 10.7. The van der Waals surface area contributed by atoms with Crippen molar-refractivity contribution in [2.24, 2.45) is 0 Å². The molecule has 0 aliphatic carbocycles. The Morgan fingerprint density at radius 3 is 2.44 bits per heavy atom. The van der Waals surface area contributed by atoms with Gasteiger partial charge in [-0.15, -0.1) is 10.2 Å². The summed E-state index contributed by atoms with van der Waals surface area (Å²) in [7, 11) is 1.43. The van der Waals surface area contributed by atoms with Crippen molar-refractivity contribution in [3.63, 3.8) is 0 Å². The van der Waals surface area contributed by atoms with Crippen LogP contribution in [0.3, 0.4) is 0 Å². The van der Waals surface area contributed by atoms with Crippen LogP contribution in [0.4, 0.5) is 0 Å². The van der Waals surface area contributed by atoms with E-state index in [-0.39, 0.29) is 29.5 Å². The summed E-state index contributed by atoms with van der Waals surface area (Å²) in [6.45, 7) is 1.68. The van der Waals surface area contributed by atoms with Gasteiger partial charge in [-0.25, -0.2) is 0 Å². The Kier molecular flexibility index (Phi) is 6.80. The average molecular weight is 479 g/mol. The van der Waals surface area contributed by atoms with Crippen LogP contribution in [0, 0.1) is 34.5 Å². The lowest BCUT2D eigenvalue weighted by Crippen LogP contribution is -2.29. The molecule has 1 aliphatic rings. The van der Waals surface area contributed by atoms with Gasteiger partial charge in [0.2, 0.25) is 12.7 Å². The van der Waals surface area contributed by atoms with E-state index in [1.54, 1.807) is 43.3 Å². The molecular formula is C26H19N6O4+. The predicted molar refractivity (Wildman–Crippen MR) is 128 cm³/mol. The van der Waals surface area contributed by atoms with E-state index in [9.17, 15) is 9.70 Å². The third kappa shape index (κ3) is 4.93. The van der Waals surface area contributed by atoms with Crippen LogP contribution in [0.5, 0.6) is 17.4 Å². The van der Waals surface area contributed by atoms with Crippen LogP contribution in [0.1, 0.15) is 27.0 Å². The second-order valence-electron chi connectivity index (χ2n) is 7.69. The Labute approximate surface area is 206 Å². The molecule has 0 spiro atoms. The van der Waals surface area contributed by atoms with E-state index >= 15 is 0 Å². The molecule has 2 heterocycles. The maximum Gasteiger partial charge on any atom is 0.261 e. The number of nitrogens with zero attached hydrogens (tertiary/aromatic N) is 5. The van der Waals surface area contributed by atoms with E-state index < -0.39 is 5.91 Å². The zero-order chi connectivity index (χ0) is 25.7. The average Bonchev–Trinajstić information content (AvgIpc) is 2.89. The molecule has 3 aromatic rings. The summed E-state index contributed by atoms with van der Waals surface area (Å²) in [5.74, 6) is -0.125. The van der Waals surface area contributed by atoms with Crippen LogP contribution in [0.2, 0.25) is 0 Å². The van der Waals surface area contributed by atoms with E-state index in [2.05, 4.69) is 21.6 Å². The number of rotatable bonds is 6. The molecule has 0 saturated heterocycles. The molecular weight excluding hydrogens is 460 g/mol. The van der Waals surface area contributed by atoms with Crippen molar-refractivity contribution in [2.45, 2.75) is 6.92 Å². The van der Waals surface area contributed by atoms with E-state index in [1.165, 1.54) is 31.5 Å². The first-order valence-electron chi connectivity index (χ1n) is 10.7. The molecule has 0 unspecified atom stereocenters. The molecule has 1 amide bonds. The second kappa shape index (κ2) is 10.3. The van der Waals surface area contributed by atoms with Gasteiger partial charge in [0.15, 0.2) is 11.5 Å². The molecule has 0 atom stereocenters. The fourth-order valence-corrected chi connectivity index (χ4v) is 3.56. The molecule has 0 bridgehead atoms. The fourth-order valence-electron chi connectivity index (χ4n) is 3.56. The number of nitrogens with one attached hydrogen (secondary N) is 1. The van der Waals surface area contributed by atoms with Crippen molar-refractivity contribution in [3.05, 3.63) is 93.7 Å². The molecule has 0 saturated carbocycles. The van der Waals surface area contributed by atoms with Gasteiger partial charge in [0.25, 0.3) is 11.8 Å². The number of nitroso groups, excluding NO2 is 1. The topological polar surface area (TPSA) is 141 Å². The highest BCUT2D eigenvalue weighted by Gasteiger charge is 2.25. The van der Waals surface area contributed by atoms with Gasteiger partial charge in [-0.05, 0) is 42.8 Å². The molecule has 176 valence electrons. The van der Waals surface area contributed by atoms with E-state index in [4.69, 9.17) is 20.0 Å². The molecule has 1 aromatic heterocycles. The third-order valence-electron chi connectivity index (χ3n) is 5.35. The first-order chi connectivity index (χ1) is 17.4. The normalized spacial score (nSPS) is 12.2. The van der Waals surface area contributed by atoms with Crippen LogP contribution in [0.25, 0.3) is 11.3 Å². The number of aromatic nitrogens is 2. The standard InChI is InChI=1S/C26H18N6O4/c1-16-23(25(33)29-20-4-3-11-32(34)15-20)26(36-21-10-7-18(14-28)12-22(21)35-2)31-30-24(16)19-8-5-17(13-27)6-9-19/h3-12H,15H2,1-2H3/p+1. The quantitative estimate of drug-likeness (QED) is 0.525. The zero-order valence-electron chi connectivity index (χ0n) is 19.3. The number of carbonyl (C=O) groups is 1. The SMILES string of the molecule is COc1cc(C#N)ccc1Oc1nnc(-c2ccc(C#N)cc2)c(C)c1C(=O)NC1=CC=C[N+](=O)C1. The largest absolute Gasteiger partial charge is 0.493 e. The minimum Gasteiger partial charge on any atom is -0.493 e. The Balaban J connectivity index is 1.79. The number of hydrogen-bond acceptors (Lipinski definition) is 8. The van der Waals surface area contributed by atoms with Gasteiger partial charge >= 0.3 is 0 Å². The summed E-state index contributed by atoms with van der Waals surface area (Å²) in [6.07, 6.45) is 4.51. The molecule has 10 heteroatoms. The summed E-state index contributed by atoms with van der Waals surface area (Å²) in [5.41, 5.74) is 2.90. The molecule has 0 radical (unpaired) electrons. The summed E-state index contributed by atoms with van der Waals surface area (Å²) in [4.78, 5) is 25.1. The maximum atomic E-state index is 13.4.